The summed E-state index contributed by atoms with van der Waals surface area (Å²) in [6.45, 7) is 2.26. The third-order valence-electron chi connectivity index (χ3n) is 2.42. The van der Waals surface area contributed by atoms with Gasteiger partial charge in [0, 0.05) is 22.6 Å². The number of nitrogens with one attached hydrogen (secondary N) is 1. The summed E-state index contributed by atoms with van der Waals surface area (Å²) in [5.74, 6) is 1.20. The van der Waals surface area contributed by atoms with Crippen LogP contribution in [0.15, 0.2) is 24.3 Å². The van der Waals surface area contributed by atoms with Crippen molar-refractivity contribution in [3.8, 4) is 0 Å². The van der Waals surface area contributed by atoms with Gasteiger partial charge in [0.2, 0.25) is 0 Å². The normalized spacial score (nSPS) is 23.1. The van der Waals surface area contributed by atoms with Crippen molar-refractivity contribution >= 4 is 23.4 Å². The smallest absolute Gasteiger partial charge is 0.0406 e. The van der Waals surface area contributed by atoms with Crippen LogP contribution in [0, 0.1) is 0 Å². The highest BCUT2D eigenvalue weighted by Crippen LogP contribution is 2.33. The van der Waals surface area contributed by atoms with Gasteiger partial charge in [-0.3, -0.25) is 0 Å². The van der Waals surface area contributed by atoms with Crippen molar-refractivity contribution in [1.82, 2.24) is 5.32 Å². The highest BCUT2D eigenvalue weighted by atomic mass is 35.5. The van der Waals surface area contributed by atoms with Gasteiger partial charge in [-0.15, -0.1) is 0 Å². The number of benzene rings is 1. The molecule has 0 aromatic heterocycles. The highest BCUT2D eigenvalue weighted by molar-refractivity contribution is 7.99. The van der Waals surface area contributed by atoms with E-state index in [1.165, 1.54) is 17.7 Å². The zero-order chi connectivity index (χ0) is 9.80. The van der Waals surface area contributed by atoms with Gasteiger partial charge in [0.05, 0.1) is 0 Å². The van der Waals surface area contributed by atoms with E-state index in [4.69, 9.17) is 11.6 Å². The van der Waals surface area contributed by atoms with Crippen LogP contribution in [0.3, 0.4) is 0 Å². The maximum atomic E-state index is 5.86. The van der Waals surface area contributed by atoms with Gasteiger partial charge in [-0.05, 0) is 30.7 Å². The molecule has 0 saturated carbocycles. The molecule has 1 nitrogen and oxygen atoms in total. The Hall–Kier alpha value is -0.180. The molecular formula is C11H14ClNS. The van der Waals surface area contributed by atoms with Crippen LogP contribution in [0.4, 0.5) is 0 Å². The Balaban J connectivity index is 2.08. The van der Waals surface area contributed by atoms with Crippen molar-refractivity contribution in [3.63, 3.8) is 0 Å². The zero-order valence-corrected chi connectivity index (χ0v) is 9.57. The lowest BCUT2D eigenvalue weighted by Crippen LogP contribution is -2.15. The Kier molecular flexibility index (Phi) is 3.74. The van der Waals surface area contributed by atoms with Crippen LogP contribution in [0.1, 0.15) is 17.2 Å². The van der Waals surface area contributed by atoms with Crippen LogP contribution < -0.4 is 5.32 Å². The minimum absolute atomic E-state index is 0.641. The number of hydrogen-bond acceptors (Lipinski definition) is 2. The molecule has 0 bridgehead atoms. The molecule has 1 N–H and O–H groups in total. The maximum absolute atomic E-state index is 5.86. The van der Waals surface area contributed by atoms with Crippen molar-refractivity contribution < 1.29 is 0 Å². The Labute approximate surface area is 94.2 Å². The van der Waals surface area contributed by atoms with Crippen LogP contribution in [-0.2, 0) is 0 Å². The molecule has 1 unspecified atom stereocenters. The molecule has 1 aliphatic heterocycles. The summed E-state index contributed by atoms with van der Waals surface area (Å²) >= 11 is 7.90. The second-order valence-corrected chi connectivity index (χ2v) is 5.20. The first kappa shape index (κ1) is 10.3. The van der Waals surface area contributed by atoms with Gasteiger partial charge < -0.3 is 5.32 Å². The summed E-state index contributed by atoms with van der Waals surface area (Å²) in [5.41, 5.74) is 1.41. The summed E-state index contributed by atoms with van der Waals surface area (Å²) in [6.07, 6.45) is 1.21. The third kappa shape index (κ3) is 2.66. The molecule has 76 valence electrons. The molecule has 0 radical (unpaired) electrons. The molecule has 2 rings (SSSR count). The third-order valence-corrected chi connectivity index (χ3v) is 4.03. The van der Waals surface area contributed by atoms with E-state index in [0.717, 1.165) is 18.1 Å². The van der Waals surface area contributed by atoms with Gasteiger partial charge in [-0.25, -0.2) is 0 Å². The fourth-order valence-corrected chi connectivity index (χ4v) is 2.96. The quantitative estimate of drug-likeness (QED) is 0.792. The first-order valence-corrected chi connectivity index (χ1v) is 6.37. The molecule has 14 heavy (non-hydrogen) atoms. The van der Waals surface area contributed by atoms with Gasteiger partial charge >= 0.3 is 0 Å². The van der Waals surface area contributed by atoms with Crippen LogP contribution in [-0.4, -0.2) is 18.8 Å². The Morgan fingerprint density at radius 2 is 2.00 bits per heavy atom. The fraction of sp³-hybridized carbons (Fsp3) is 0.455. The lowest BCUT2D eigenvalue weighted by Gasteiger charge is -2.13. The summed E-state index contributed by atoms with van der Waals surface area (Å²) in [4.78, 5) is 0. The van der Waals surface area contributed by atoms with Crippen molar-refractivity contribution in [2.24, 2.45) is 0 Å². The minimum Gasteiger partial charge on any atom is -0.316 e. The van der Waals surface area contributed by atoms with Gasteiger partial charge in [0.1, 0.15) is 0 Å². The van der Waals surface area contributed by atoms with E-state index < -0.39 is 0 Å². The predicted octanol–water partition coefficient (Wildman–Crippen LogP) is 3.11. The number of hydrogen-bond donors (Lipinski definition) is 1. The fourth-order valence-electron chi connectivity index (χ4n) is 1.66. The summed E-state index contributed by atoms with van der Waals surface area (Å²) in [6, 6.07) is 8.25. The van der Waals surface area contributed by atoms with E-state index in [1.54, 1.807) is 0 Å². The molecule has 1 fully saturated rings. The average Bonchev–Trinajstić information content (AvgIpc) is 2.47. The minimum atomic E-state index is 0.641. The number of thioether (sulfide) groups is 1. The molecule has 1 atom stereocenters. The largest absolute Gasteiger partial charge is 0.316 e. The SMILES string of the molecule is Clc1ccc(C2CCNCCS2)cc1. The standard InChI is InChI=1S/C11H14ClNS/c12-10-3-1-9(2-4-10)11-5-6-13-7-8-14-11/h1-4,11,13H,5-8H2. The lowest BCUT2D eigenvalue weighted by molar-refractivity contribution is 0.687. The van der Waals surface area contributed by atoms with E-state index >= 15 is 0 Å². The van der Waals surface area contributed by atoms with E-state index in [2.05, 4.69) is 17.4 Å². The molecule has 3 heteroatoms. The van der Waals surface area contributed by atoms with Gasteiger partial charge in [-0.1, -0.05) is 23.7 Å². The van der Waals surface area contributed by atoms with Crippen LogP contribution >= 0.6 is 23.4 Å². The maximum Gasteiger partial charge on any atom is 0.0406 e. The van der Waals surface area contributed by atoms with Crippen molar-refractivity contribution in [2.45, 2.75) is 11.7 Å². The number of halogens is 1. The average molecular weight is 228 g/mol. The second kappa shape index (κ2) is 5.06. The Morgan fingerprint density at radius 3 is 2.79 bits per heavy atom. The second-order valence-electron chi connectivity index (χ2n) is 3.45. The van der Waals surface area contributed by atoms with E-state index in [9.17, 15) is 0 Å². The zero-order valence-electron chi connectivity index (χ0n) is 8.00. The summed E-state index contributed by atoms with van der Waals surface area (Å²) in [5, 5.41) is 4.88. The van der Waals surface area contributed by atoms with Crippen molar-refractivity contribution in [3.05, 3.63) is 34.9 Å². The molecular weight excluding hydrogens is 214 g/mol. The monoisotopic (exact) mass is 227 g/mol. The first-order valence-electron chi connectivity index (χ1n) is 4.94. The van der Waals surface area contributed by atoms with E-state index in [-0.39, 0.29) is 0 Å². The van der Waals surface area contributed by atoms with Gasteiger partial charge in [0.15, 0.2) is 0 Å². The lowest BCUT2D eigenvalue weighted by atomic mass is 10.1. The molecule has 1 aromatic carbocycles. The van der Waals surface area contributed by atoms with Crippen LogP contribution in [0.2, 0.25) is 5.02 Å². The Morgan fingerprint density at radius 1 is 1.21 bits per heavy atom. The molecule has 0 spiro atoms. The van der Waals surface area contributed by atoms with Crippen LogP contribution in [0.25, 0.3) is 0 Å². The molecule has 1 aliphatic rings. The van der Waals surface area contributed by atoms with E-state index in [1.807, 2.05) is 23.9 Å². The van der Waals surface area contributed by atoms with Gasteiger partial charge in [-0.2, -0.15) is 11.8 Å². The molecule has 1 heterocycles. The summed E-state index contributed by atoms with van der Waals surface area (Å²) in [7, 11) is 0. The van der Waals surface area contributed by atoms with E-state index in [0.29, 0.717) is 5.25 Å². The Bertz CT molecular complexity index is 278. The first-order chi connectivity index (χ1) is 6.86. The van der Waals surface area contributed by atoms with Gasteiger partial charge in [0.25, 0.3) is 0 Å². The van der Waals surface area contributed by atoms with Crippen LogP contribution in [0.5, 0.6) is 0 Å². The molecule has 1 saturated heterocycles. The summed E-state index contributed by atoms with van der Waals surface area (Å²) < 4.78 is 0. The van der Waals surface area contributed by atoms with Crippen molar-refractivity contribution in [1.29, 1.82) is 0 Å². The predicted molar refractivity (Wildman–Crippen MR) is 64.1 cm³/mol. The van der Waals surface area contributed by atoms with Crippen molar-refractivity contribution in [2.75, 3.05) is 18.8 Å². The highest BCUT2D eigenvalue weighted by Gasteiger charge is 2.13. The molecule has 1 aromatic rings. The topological polar surface area (TPSA) is 12.0 Å². The molecule has 0 amide bonds. The molecule has 0 aliphatic carbocycles. The number of rotatable bonds is 1.